The van der Waals surface area contributed by atoms with Crippen molar-refractivity contribution in [3.8, 4) is 11.3 Å². The molecule has 1 saturated heterocycles. The number of hydrogen-bond acceptors (Lipinski definition) is 4. The zero-order valence-electron chi connectivity index (χ0n) is 14.1. The Balaban J connectivity index is 1.40. The first-order valence-corrected chi connectivity index (χ1v) is 8.58. The summed E-state index contributed by atoms with van der Waals surface area (Å²) >= 11 is 0. The van der Waals surface area contributed by atoms with Crippen molar-refractivity contribution in [2.75, 3.05) is 39.8 Å². The smallest absolute Gasteiger partial charge is 0.156 e. The highest BCUT2D eigenvalue weighted by molar-refractivity contribution is 5.74. The Hall–Kier alpha value is -2.24. The van der Waals surface area contributed by atoms with Gasteiger partial charge in [-0.05, 0) is 25.1 Å². The van der Waals surface area contributed by atoms with Gasteiger partial charge in [-0.25, -0.2) is 9.97 Å². The predicted octanol–water partition coefficient (Wildman–Crippen LogP) is 2.41. The fraction of sp³-hybridized carbons (Fsp3) is 0.368. The van der Waals surface area contributed by atoms with Gasteiger partial charge in [0.15, 0.2) is 5.65 Å². The molecule has 0 radical (unpaired) electrons. The second-order valence-electron chi connectivity index (χ2n) is 6.56. The van der Waals surface area contributed by atoms with E-state index in [9.17, 15) is 0 Å². The Morgan fingerprint density at radius 2 is 1.83 bits per heavy atom. The van der Waals surface area contributed by atoms with Gasteiger partial charge in [0, 0.05) is 44.5 Å². The summed E-state index contributed by atoms with van der Waals surface area (Å²) < 4.78 is 0. The van der Waals surface area contributed by atoms with Crippen LogP contribution in [0.25, 0.3) is 22.4 Å². The van der Waals surface area contributed by atoms with Crippen LogP contribution in [0.2, 0.25) is 0 Å². The van der Waals surface area contributed by atoms with Gasteiger partial charge in [-0.3, -0.25) is 0 Å². The highest BCUT2D eigenvalue weighted by atomic mass is 15.2. The fourth-order valence-corrected chi connectivity index (χ4v) is 3.17. The molecule has 5 heteroatoms. The maximum Gasteiger partial charge on any atom is 0.156 e. The Morgan fingerprint density at radius 3 is 2.62 bits per heavy atom. The molecule has 3 heterocycles. The average Bonchev–Trinajstić information content (AvgIpc) is 3.09. The first-order chi connectivity index (χ1) is 11.8. The molecule has 5 nitrogen and oxygen atoms in total. The summed E-state index contributed by atoms with van der Waals surface area (Å²) in [6, 6.07) is 10.7. The monoisotopic (exact) mass is 321 g/mol. The van der Waals surface area contributed by atoms with Gasteiger partial charge in [0.25, 0.3) is 0 Å². The molecule has 0 aliphatic carbocycles. The minimum absolute atomic E-state index is 0.836. The third-order valence-corrected chi connectivity index (χ3v) is 4.82. The van der Waals surface area contributed by atoms with Crippen LogP contribution in [0.5, 0.6) is 0 Å². The van der Waals surface area contributed by atoms with Crippen molar-refractivity contribution in [1.82, 2.24) is 24.8 Å². The van der Waals surface area contributed by atoms with Crippen LogP contribution < -0.4 is 0 Å². The number of benzene rings is 1. The normalized spacial score (nSPS) is 16.7. The van der Waals surface area contributed by atoms with Crippen molar-refractivity contribution in [2.45, 2.75) is 6.42 Å². The average molecular weight is 321 g/mol. The van der Waals surface area contributed by atoms with Gasteiger partial charge in [-0.2, -0.15) is 0 Å². The fourth-order valence-electron chi connectivity index (χ4n) is 3.17. The van der Waals surface area contributed by atoms with Gasteiger partial charge in [-0.15, -0.1) is 0 Å². The number of aromatic amines is 1. The van der Waals surface area contributed by atoms with Crippen molar-refractivity contribution in [3.63, 3.8) is 0 Å². The lowest BCUT2D eigenvalue weighted by atomic mass is 10.1. The van der Waals surface area contributed by atoms with E-state index in [0.29, 0.717) is 0 Å². The molecule has 1 N–H and O–H groups in total. The number of H-pyrrole nitrogens is 1. The Kier molecular flexibility index (Phi) is 4.28. The molecule has 1 aliphatic rings. The summed E-state index contributed by atoms with van der Waals surface area (Å²) in [6.07, 6.45) is 4.81. The number of nitrogens with one attached hydrogen (secondary N) is 1. The number of rotatable bonds is 4. The van der Waals surface area contributed by atoms with E-state index in [2.05, 4.69) is 56.1 Å². The quantitative estimate of drug-likeness (QED) is 0.802. The summed E-state index contributed by atoms with van der Waals surface area (Å²) in [6.45, 7) is 5.86. The van der Waals surface area contributed by atoms with Crippen molar-refractivity contribution in [2.24, 2.45) is 0 Å². The molecule has 3 aromatic rings. The third kappa shape index (κ3) is 3.32. The summed E-state index contributed by atoms with van der Waals surface area (Å²) in [5.41, 5.74) is 5.17. The minimum Gasteiger partial charge on any atom is -0.345 e. The van der Waals surface area contributed by atoms with Crippen molar-refractivity contribution in [1.29, 1.82) is 0 Å². The Morgan fingerprint density at radius 1 is 1.04 bits per heavy atom. The van der Waals surface area contributed by atoms with Crippen LogP contribution in [0, 0.1) is 0 Å². The zero-order chi connectivity index (χ0) is 16.4. The van der Waals surface area contributed by atoms with Gasteiger partial charge < -0.3 is 14.8 Å². The van der Waals surface area contributed by atoms with Crippen molar-refractivity contribution in [3.05, 3.63) is 48.3 Å². The van der Waals surface area contributed by atoms with E-state index in [1.54, 1.807) is 0 Å². The highest BCUT2D eigenvalue weighted by Crippen LogP contribution is 2.19. The topological polar surface area (TPSA) is 48.0 Å². The molecule has 0 atom stereocenters. The second kappa shape index (κ2) is 6.71. The number of nitrogens with zero attached hydrogens (tertiary/aromatic N) is 4. The van der Waals surface area contributed by atoms with E-state index in [1.165, 1.54) is 31.7 Å². The van der Waals surface area contributed by atoms with Crippen LogP contribution in [0.1, 0.15) is 5.56 Å². The molecule has 0 unspecified atom stereocenters. The molecule has 24 heavy (non-hydrogen) atoms. The maximum absolute atomic E-state index is 4.66. The number of hydrogen-bond donors (Lipinski definition) is 1. The van der Waals surface area contributed by atoms with Crippen molar-refractivity contribution >= 4 is 11.2 Å². The Labute approximate surface area is 142 Å². The zero-order valence-corrected chi connectivity index (χ0v) is 14.1. The van der Waals surface area contributed by atoms with Crippen LogP contribution in [0.4, 0.5) is 0 Å². The SMILES string of the molecule is CN1CCN(CCc2ccc(-c3cnc4[nH]ccc4n3)cc2)CC1. The van der Waals surface area contributed by atoms with Crippen LogP contribution in [0.3, 0.4) is 0 Å². The van der Waals surface area contributed by atoms with Gasteiger partial charge in [0.1, 0.15) is 5.52 Å². The van der Waals surface area contributed by atoms with E-state index in [4.69, 9.17) is 0 Å². The van der Waals surface area contributed by atoms with Gasteiger partial charge in [0.05, 0.1) is 11.9 Å². The lowest BCUT2D eigenvalue weighted by molar-refractivity contribution is 0.155. The molecule has 1 fully saturated rings. The Bertz CT molecular complexity index is 800. The number of likely N-dealkylation sites (N-methyl/N-ethyl adjacent to an activating group) is 1. The minimum atomic E-state index is 0.836. The standard InChI is InChI=1S/C19H23N5/c1-23-10-12-24(13-11-23)9-7-15-2-4-16(5-3-15)18-14-21-19-17(22-18)6-8-20-19/h2-6,8,14H,7,9-13H2,1H3,(H,20,21). The van der Waals surface area contributed by atoms with E-state index in [-0.39, 0.29) is 0 Å². The molecule has 124 valence electrons. The van der Waals surface area contributed by atoms with Crippen LogP contribution >= 0.6 is 0 Å². The van der Waals surface area contributed by atoms with Crippen LogP contribution in [-0.2, 0) is 6.42 Å². The van der Waals surface area contributed by atoms with E-state index >= 15 is 0 Å². The largest absolute Gasteiger partial charge is 0.345 e. The summed E-state index contributed by atoms with van der Waals surface area (Å²) in [5, 5.41) is 0. The second-order valence-corrected chi connectivity index (χ2v) is 6.56. The van der Waals surface area contributed by atoms with E-state index < -0.39 is 0 Å². The maximum atomic E-state index is 4.66. The molecule has 2 aromatic heterocycles. The number of fused-ring (bicyclic) bond motifs is 1. The molecule has 1 aromatic carbocycles. The third-order valence-electron chi connectivity index (χ3n) is 4.82. The first-order valence-electron chi connectivity index (χ1n) is 8.58. The van der Waals surface area contributed by atoms with E-state index in [0.717, 1.165) is 35.4 Å². The molecule has 0 bridgehead atoms. The molecule has 1 aliphatic heterocycles. The van der Waals surface area contributed by atoms with Gasteiger partial charge >= 0.3 is 0 Å². The highest BCUT2D eigenvalue weighted by Gasteiger charge is 2.13. The summed E-state index contributed by atoms with van der Waals surface area (Å²) in [5.74, 6) is 0. The van der Waals surface area contributed by atoms with Crippen molar-refractivity contribution < 1.29 is 0 Å². The van der Waals surface area contributed by atoms with Gasteiger partial charge in [-0.1, -0.05) is 24.3 Å². The van der Waals surface area contributed by atoms with E-state index in [1.807, 2.05) is 18.5 Å². The van der Waals surface area contributed by atoms with Crippen LogP contribution in [0.15, 0.2) is 42.7 Å². The molecular weight excluding hydrogens is 298 g/mol. The molecule has 0 saturated carbocycles. The molecule has 0 spiro atoms. The van der Waals surface area contributed by atoms with Crippen LogP contribution in [-0.4, -0.2) is 64.5 Å². The molecular formula is C19H23N5. The number of aromatic nitrogens is 3. The lowest BCUT2D eigenvalue weighted by Crippen LogP contribution is -2.45. The number of piperazine rings is 1. The summed E-state index contributed by atoms with van der Waals surface area (Å²) in [4.78, 5) is 17.1. The van der Waals surface area contributed by atoms with Gasteiger partial charge in [0.2, 0.25) is 0 Å². The first kappa shape index (κ1) is 15.3. The molecule has 4 rings (SSSR count). The predicted molar refractivity (Wildman–Crippen MR) is 97.0 cm³/mol. The summed E-state index contributed by atoms with van der Waals surface area (Å²) in [7, 11) is 2.20. The lowest BCUT2D eigenvalue weighted by Gasteiger charge is -2.32. The molecule has 0 amide bonds.